The van der Waals surface area contributed by atoms with Crippen LogP contribution in [0.25, 0.3) is 15.6 Å². The Balaban J connectivity index is 1.28. The van der Waals surface area contributed by atoms with Crippen molar-refractivity contribution in [3.63, 3.8) is 0 Å². The van der Waals surface area contributed by atoms with Gasteiger partial charge in [0.2, 0.25) is 18.4 Å². The van der Waals surface area contributed by atoms with E-state index in [2.05, 4.69) is 39.4 Å². The first-order valence-corrected chi connectivity index (χ1v) is 16.5. The first kappa shape index (κ1) is 32.9. The van der Waals surface area contributed by atoms with E-state index in [4.69, 9.17) is 32.9 Å². The van der Waals surface area contributed by atoms with Gasteiger partial charge >= 0.3 is 6.01 Å². The number of hydrogen-bond acceptors (Lipinski definition) is 7. The average molecular weight is 664 g/mol. The van der Waals surface area contributed by atoms with Crippen LogP contribution >= 0.6 is 11.6 Å². The predicted molar refractivity (Wildman–Crippen MR) is 180 cm³/mol. The highest BCUT2D eigenvalue weighted by Gasteiger charge is 2.45. The van der Waals surface area contributed by atoms with Crippen LogP contribution in [0, 0.1) is 12.5 Å². The van der Waals surface area contributed by atoms with Crippen LogP contribution in [0.4, 0.5) is 20.3 Å². The molecule has 2 fully saturated rings. The number of likely N-dealkylation sites (N-methyl/N-ethyl adjacent to an activating group) is 1. The Morgan fingerprint density at radius 2 is 1.98 bits per heavy atom. The van der Waals surface area contributed by atoms with E-state index in [-0.39, 0.29) is 49.4 Å². The number of benzene rings is 2. The fourth-order valence-corrected chi connectivity index (χ4v) is 7.53. The van der Waals surface area contributed by atoms with Gasteiger partial charge in [0.15, 0.2) is 0 Å². The minimum Gasteiger partial charge on any atom is -0.459 e. The van der Waals surface area contributed by atoms with E-state index in [9.17, 15) is 13.6 Å². The number of halogens is 3. The first-order valence-electron chi connectivity index (χ1n) is 16.1. The molecule has 1 amide bonds. The number of carbonyl (C=O) groups is 1. The molecular weight excluding hydrogens is 624 g/mol. The molecule has 2 aromatic carbocycles. The zero-order valence-corrected chi connectivity index (χ0v) is 27.6. The summed E-state index contributed by atoms with van der Waals surface area (Å²) in [4.78, 5) is 34.3. The molecule has 9 nitrogen and oxygen atoms in total. The van der Waals surface area contributed by atoms with Crippen molar-refractivity contribution in [2.45, 2.75) is 50.8 Å². The number of hydrogen-bond donors (Lipinski definition) is 0. The summed E-state index contributed by atoms with van der Waals surface area (Å²) in [5, 5.41) is 2.75. The van der Waals surface area contributed by atoms with Gasteiger partial charge in [-0.15, -0.1) is 0 Å². The maximum absolute atomic E-state index is 13.4. The summed E-state index contributed by atoms with van der Waals surface area (Å²) in [7, 11) is 1.92. The van der Waals surface area contributed by atoms with Gasteiger partial charge in [0.25, 0.3) is 0 Å². The maximum atomic E-state index is 13.4. The van der Waals surface area contributed by atoms with Crippen LogP contribution in [0.1, 0.15) is 31.0 Å². The van der Waals surface area contributed by atoms with Crippen molar-refractivity contribution < 1.29 is 18.3 Å². The summed E-state index contributed by atoms with van der Waals surface area (Å²) in [6, 6.07) is 12.0. The minimum absolute atomic E-state index is 0.0163. The lowest BCUT2D eigenvalue weighted by Gasteiger charge is -2.41. The lowest BCUT2D eigenvalue weighted by Crippen LogP contribution is -2.56. The fraction of sp³-hybridized carbons (Fsp3) is 0.486. The number of anilines is 2. The van der Waals surface area contributed by atoms with Crippen LogP contribution in [0.15, 0.2) is 49.1 Å². The number of carbonyl (C=O) groups excluding carboxylic acids is 1. The highest BCUT2D eigenvalue weighted by Crippen LogP contribution is 2.42. The normalized spacial score (nSPS) is 20.0. The largest absolute Gasteiger partial charge is 0.459 e. The highest BCUT2D eigenvalue weighted by molar-refractivity contribution is 6.36. The van der Waals surface area contributed by atoms with Crippen LogP contribution in [-0.4, -0.2) is 96.6 Å². The van der Waals surface area contributed by atoms with Crippen molar-refractivity contribution >= 4 is 39.8 Å². The van der Waals surface area contributed by atoms with E-state index in [1.807, 2.05) is 37.1 Å². The van der Waals surface area contributed by atoms with Crippen molar-refractivity contribution in [2.75, 3.05) is 62.7 Å². The fourth-order valence-electron chi connectivity index (χ4n) is 7.25. The highest BCUT2D eigenvalue weighted by atomic mass is 35.5. The van der Waals surface area contributed by atoms with Crippen LogP contribution in [0.3, 0.4) is 0 Å². The molecule has 2 aliphatic heterocycles. The van der Waals surface area contributed by atoms with Gasteiger partial charge in [-0.1, -0.05) is 42.4 Å². The number of nitrogens with zero attached hydrogens (tertiary/aromatic N) is 7. The van der Waals surface area contributed by atoms with E-state index >= 15 is 0 Å². The second kappa shape index (κ2) is 13.6. The van der Waals surface area contributed by atoms with Crippen LogP contribution in [-0.2, 0) is 17.8 Å². The van der Waals surface area contributed by atoms with Gasteiger partial charge < -0.3 is 29.2 Å². The summed E-state index contributed by atoms with van der Waals surface area (Å²) in [6.07, 6.45) is 1.56. The van der Waals surface area contributed by atoms with E-state index in [0.717, 1.165) is 40.1 Å². The van der Waals surface area contributed by atoms with Gasteiger partial charge in [-0.3, -0.25) is 4.79 Å². The Bertz CT molecular complexity index is 1690. The van der Waals surface area contributed by atoms with Gasteiger partial charge in [0, 0.05) is 68.7 Å². The third-order valence-corrected chi connectivity index (χ3v) is 9.67. The van der Waals surface area contributed by atoms with Crippen molar-refractivity contribution in [1.29, 1.82) is 0 Å². The molecule has 2 atom stereocenters. The lowest BCUT2D eigenvalue weighted by molar-refractivity contribution is -0.128. The Labute approximate surface area is 279 Å². The smallest absolute Gasteiger partial charge is 0.318 e. The molecule has 1 saturated heterocycles. The molecular formula is C35H40ClF2N7O2. The van der Waals surface area contributed by atoms with Gasteiger partial charge in [-0.2, -0.15) is 9.97 Å². The number of rotatable bonds is 10. The van der Waals surface area contributed by atoms with E-state index < -0.39 is 5.92 Å². The molecule has 1 saturated carbocycles. The predicted octanol–water partition coefficient (Wildman–Crippen LogP) is 5.71. The number of alkyl halides is 2. The second-order valence-corrected chi connectivity index (χ2v) is 13.4. The summed E-state index contributed by atoms with van der Waals surface area (Å²) < 4.78 is 33.1. The molecule has 1 aromatic heterocycles. The quantitative estimate of drug-likeness (QED) is 0.203. The molecule has 248 valence electrons. The van der Waals surface area contributed by atoms with E-state index in [1.165, 1.54) is 6.08 Å². The SMILES string of the molecule is [C-]#[N+]C[C@H]1CN(c2nc(O[C@@H](C)CN(C)CC3CC(F)(F)C3)nc3c2CCN(c2cccc4cccc(Cl)c24)C3)CCN1C(=O)C=C. The Morgan fingerprint density at radius 1 is 1.21 bits per heavy atom. The molecule has 12 heteroatoms. The van der Waals surface area contributed by atoms with Crippen LogP contribution < -0.4 is 14.5 Å². The lowest BCUT2D eigenvalue weighted by atomic mass is 9.81. The van der Waals surface area contributed by atoms with Crippen molar-refractivity contribution in [1.82, 2.24) is 19.8 Å². The second-order valence-electron chi connectivity index (χ2n) is 13.0. The van der Waals surface area contributed by atoms with Gasteiger partial charge in [-0.25, -0.2) is 15.4 Å². The van der Waals surface area contributed by atoms with Crippen molar-refractivity contribution in [2.24, 2.45) is 5.92 Å². The number of aromatic nitrogens is 2. The number of ether oxygens (including phenoxy) is 1. The monoisotopic (exact) mass is 663 g/mol. The minimum atomic E-state index is -2.54. The standard InChI is InChI=1S/C35H40ClF2N7O2/c1-5-31(46)45-15-14-44(21-26(45)18-39-3)33-27-12-13-43(30-11-7-9-25-8-6-10-28(36)32(25)30)22-29(27)40-34(41-33)47-23(2)19-42(4)20-24-16-35(37,38)17-24/h5-11,23-24,26H,1,12-22H2,2,4H3/t23-,26-/m0/s1. The molecule has 0 radical (unpaired) electrons. The Hall–Kier alpha value is -4.01. The molecule has 0 N–H and O–H groups in total. The topological polar surface area (TPSA) is 69.4 Å². The van der Waals surface area contributed by atoms with Gasteiger partial charge in [0.1, 0.15) is 18.0 Å². The third kappa shape index (κ3) is 7.14. The van der Waals surface area contributed by atoms with Crippen molar-refractivity contribution in [3.05, 3.63) is 76.8 Å². The molecule has 0 bridgehead atoms. The van der Waals surface area contributed by atoms with Crippen LogP contribution in [0.5, 0.6) is 6.01 Å². The summed E-state index contributed by atoms with van der Waals surface area (Å²) >= 11 is 6.70. The Morgan fingerprint density at radius 3 is 2.70 bits per heavy atom. The average Bonchev–Trinajstić information content (AvgIpc) is 3.02. The Kier molecular flexibility index (Phi) is 9.53. The van der Waals surface area contributed by atoms with Gasteiger partial charge in [-0.05, 0) is 49.9 Å². The number of piperazine rings is 1. The molecule has 6 rings (SSSR count). The molecule has 1 aliphatic carbocycles. The maximum Gasteiger partial charge on any atom is 0.318 e. The molecule has 3 aliphatic rings. The van der Waals surface area contributed by atoms with Crippen LogP contribution in [0.2, 0.25) is 5.02 Å². The summed E-state index contributed by atoms with van der Waals surface area (Å²) in [5.74, 6) is -1.97. The number of amides is 1. The molecule has 0 spiro atoms. The summed E-state index contributed by atoms with van der Waals surface area (Å²) in [5.41, 5.74) is 2.91. The van der Waals surface area contributed by atoms with Gasteiger partial charge in [0.05, 0.1) is 17.3 Å². The molecule has 0 unspecified atom stereocenters. The zero-order valence-electron chi connectivity index (χ0n) is 26.8. The van der Waals surface area contributed by atoms with E-state index in [0.29, 0.717) is 50.7 Å². The molecule has 47 heavy (non-hydrogen) atoms. The molecule has 3 aromatic rings. The zero-order chi connectivity index (χ0) is 33.3. The molecule has 3 heterocycles. The van der Waals surface area contributed by atoms with Crippen molar-refractivity contribution in [3.8, 4) is 6.01 Å². The first-order chi connectivity index (χ1) is 22.5. The third-order valence-electron chi connectivity index (χ3n) is 9.36. The van der Waals surface area contributed by atoms with E-state index in [1.54, 1.807) is 4.90 Å². The number of fused-ring (bicyclic) bond motifs is 2. The summed E-state index contributed by atoms with van der Waals surface area (Å²) in [6.45, 7) is 17.1.